The molecule has 0 bridgehead atoms. The molecule has 0 spiro atoms. The van der Waals surface area contributed by atoms with E-state index < -0.39 is 53.8 Å². The molecule has 36 heavy (non-hydrogen) atoms. The van der Waals surface area contributed by atoms with E-state index in [2.05, 4.69) is 20.7 Å². The van der Waals surface area contributed by atoms with E-state index in [0.717, 1.165) is 12.1 Å². The van der Waals surface area contributed by atoms with E-state index in [1.165, 1.54) is 25.3 Å². The van der Waals surface area contributed by atoms with Crippen LogP contribution in [0.1, 0.15) is 37.4 Å². The fourth-order valence-electron chi connectivity index (χ4n) is 3.94. The quantitative estimate of drug-likeness (QED) is 0.467. The Labute approximate surface area is 204 Å². The first-order valence-corrected chi connectivity index (χ1v) is 11.1. The summed E-state index contributed by atoms with van der Waals surface area (Å²) in [6.07, 6.45) is -5.69. The van der Waals surface area contributed by atoms with E-state index in [1.807, 2.05) is 0 Å². The molecule has 2 aromatic rings. The van der Waals surface area contributed by atoms with Crippen LogP contribution in [-0.4, -0.2) is 37.5 Å². The summed E-state index contributed by atoms with van der Waals surface area (Å²) in [7, 11) is 1.34. The first-order valence-electron chi connectivity index (χ1n) is 11.1. The molecule has 1 heterocycles. The van der Waals surface area contributed by atoms with E-state index in [-0.39, 0.29) is 30.1 Å². The van der Waals surface area contributed by atoms with Crippen LogP contribution in [0.4, 0.5) is 22.0 Å². The highest BCUT2D eigenvalue weighted by Gasteiger charge is 2.34. The van der Waals surface area contributed by atoms with Gasteiger partial charge in [-0.1, -0.05) is 26.0 Å². The van der Waals surface area contributed by atoms with Gasteiger partial charge in [0.25, 0.3) is 0 Å². The van der Waals surface area contributed by atoms with Crippen molar-refractivity contribution in [3.8, 4) is 11.5 Å². The number of alkyl halides is 3. The van der Waals surface area contributed by atoms with Crippen LogP contribution in [0.2, 0.25) is 0 Å². The maximum absolute atomic E-state index is 14.2. The van der Waals surface area contributed by atoms with E-state index in [4.69, 9.17) is 4.74 Å². The van der Waals surface area contributed by atoms with Gasteiger partial charge in [-0.2, -0.15) is 0 Å². The molecule has 0 aliphatic carbocycles. The van der Waals surface area contributed by atoms with Crippen molar-refractivity contribution in [2.45, 2.75) is 51.3 Å². The van der Waals surface area contributed by atoms with Crippen LogP contribution in [0.3, 0.4) is 0 Å². The molecule has 0 radical (unpaired) electrons. The van der Waals surface area contributed by atoms with Crippen molar-refractivity contribution in [2.24, 2.45) is 5.92 Å². The summed E-state index contributed by atoms with van der Waals surface area (Å²) in [5.74, 6) is -3.91. The molecule has 3 rings (SSSR count). The Morgan fingerprint density at radius 3 is 2.36 bits per heavy atom. The molecular formula is C24H26F5N3O4. The summed E-state index contributed by atoms with van der Waals surface area (Å²) in [5, 5.41) is 8.44. The zero-order chi connectivity index (χ0) is 26.6. The van der Waals surface area contributed by atoms with Crippen LogP contribution in [-0.2, 0) is 16.0 Å². The van der Waals surface area contributed by atoms with Gasteiger partial charge in [0.2, 0.25) is 11.8 Å². The van der Waals surface area contributed by atoms with Crippen LogP contribution in [0.25, 0.3) is 0 Å². The predicted octanol–water partition coefficient (Wildman–Crippen LogP) is 3.73. The van der Waals surface area contributed by atoms with E-state index in [1.54, 1.807) is 19.9 Å². The summed E-state index contributed by atoms with van der Waals surface area (Å²) in [6.45, 7) is 3.48. The number of benzene rings is 2. The lowest BCUT2D eigenvalue weighted by molar-refractivity contribution is -0.275. The van der Waals surface area contributed by atoms with Gasteiger partial charge < -0.3 is 20.1 Å². The minimum absolute atomic E-state index is 0.0748. The van der Waals surface area contributed by atoms with Crippen molar-refractivity contribution in [1.82, 2.24) is 16.0 Å². The molecule has 1 aliphatic heterocycles. The number of carbonyl (C=O) groups excluding carboxylic acids is 2. The number of carbonyl (C=O) groups is 2. The second kappa shape index (κ2) is 11.1. The standard InChI is InChI=1S/C24H26F5N3O4/c1-12(2)22(14-5-7-19(16(26)10-14)36-24(27,28)29)32-23(34)17-11-21(33)31-20(30-17)9-13-4-6-18(35-3)15(25)8-13/h4-8,10,12,17,20,22,30H,9,11H2,1-3H3,(H,31,33)(H,32,34)/t17?,20?,22-/m1/s1. The monoisotopic (exact) mass is 515 g/mol. The summed E-state index contributed by atoms with van der Waals surface area (Å²) in [6, 6.07) is 5.61. The van der Waals surface area contributed by atoms with Crippen LogP contribution < -0.4 is 25.4 Å². The Morgan fingerprint density at radius 2 is 1.78 bits per heavy atom. The molecule has 2 aromatic carbocycles. The summed E-state index contributed by atoms with van der Waals surface area (Å²) in [5.41, 5.74) is 0.791. The van der Waals surface area contributed by atoms with Crippen LogP contribution in [0, 0.1) is 17.6 Å². The zero-order valence-corrected chi connectivity index (χ0v) is 19.7. The molecule has 12 heteroatoms. The third-order valence-corrected chi connectivity index (χ3v) is 5.60. The van der Waals surface area contributed by atoms with Gasteiger partial charge in [-0.3, -0.25) is 14.9 Å². The summed E-state index contributed by atoms with van der Waals surface area (Å²) >= 11 is 0. The van der Waals surface area contributed by atoms with Crippen molar-refractivity contribution in [2.75, 3.05) is 7.11 Å². The fraction of sp³-hybridized carbons (Fsp3) is 0.417. The van der Waals surface area contributed by atoms with Gasteiger partial charge in [-0.15, -0.1) is 13.2 Å². The van der Waals surface area contributed by atoms with Crippen molar-refractivity contribution < 1.29 is 41.0 Å². The Kier molecular flexibility index (Phi) is 8.39. The Bertz CT molecular complexity index is 1110. The Hall–Kier alpha value is -3.41. The first kappa shape index (κ1) is 27.2. The molecule has 0 saturated carbocycles. The maximum atomic E-state index is 14.2. The number of halogens is 5. The van der Waals surface area contributed by atoms with E-state index in [9.17, 15) is 31.5 Å². The second-order valence-corrected chi connectivity index (χ2v) is 8.68. The van der Waals surface area contributed by atoms with Crippen LogP contribution >= 0.6 is 0 Å². The number of methoxy groups -OCH3 is 1. The van der Waals surface area contributed by atoms with Gasteiger partial charge >= 0.3 is 6.36 Å². The topological polar surface area (TPSA) is 88.7 Å². The van der Waals surface area contributed by atoms with Gasteiger partial charge in [0.05, 0.1) is 31.8 Å². The van der Waals surface area contributed by atoms with Gasteiger partial charge in [0.1, 0.15) is 0 Å². The van der Waals surface area contributed by atoms with Crippen LogP contribution in [0.15, 0.2) is 36.4 Å². The third-order valence-electron chi connectivity index (χ3n) is 5.60. The Morgan fingerprint density at radius 1 is 1.11 bits per heavy atom. The first-order chi connectivity index (χ1) is 16.9. The number of hydrogen-bond acceptors (Lipinski definition) is 5. The fourth-order valence-corrected chi connectivity index (χ4v) is 3.94. The number of nitrogens with one attached hydrogen (secondary N) is 3. The molecule has 196 valence electrons. The number of hydrogen-bond donors (Lipinski definition) is 3. The smallest absolute Gasteiger partial charge is 0.494 e. The zero-order valence-electron chi connectivity index (χ0n) is 19.7. The number of ether oxygens (including phenoxy) is 2. The SMILES string of the molecule is COc1ccc(CC2NC(=O)CC(C(=O)N[C@@H](c3ccc(OC(F)(F)F)c(F)c3)C(C)C)N2)cc1F. The minimum atomic E-state index is -5.05. The van der Waals surface area contributed by atoms with Crippen LogP contribution in [0.5, 0.6) is 11.5 Å². The predicted molar refractivity (Wildman–Crippen MR) is 119 cm³/mol. The van der Waals surface area contributed by atoms with Gasteiger partial charge in [-0.05, 0) is 41.3 Å². The lowest BCUT2D eigenvalue weighted by atomic mass is 9.95. The molecule has 3 N–H and O–H groups in total. The lowest BCUT2D eigenvalue weighted by Gasteiger charge is -2.33. The van der Waals surface area contributed by atoms with E-state index >= 15 is 0 Å². The molecular weight excluding hydrogens is 489 g/mol. The summed E-state index contributed by atoms with van der Waals surface area (Å²) < 4.78 is 74.1. The van der Waals surface area contributed by atoms with E-state index in [0.29, 0.717) is 5.56 Å². The molecule has 2 amide bonds. The largest absolute Gasteiger partial charge is 0.573 e. The average Bonchev–Trinajstić information content (AvgIpc) is 2.77. The summed E-state index contributed by atoms with van der Waals surface area (Å²) in [4.78, 5) is 25.3. The highest BCUT2D eigenvalue weighted by molar-refractivity contribution is 5.89. The van der Waals surface area contributed by atoms with Gasteiger partial charge in [0.15, 0.2) is 23.1 Å². The molecule has 2 unspecified atom stereocenters. The van der Waals surface area contributed by atoms with Crippen molar-refractivity contribution in [3.05, 3.63) is 59.2 Å². The third kappa shape index (κ3) is 7.06. The normalized spacial score (nSPS) is 19.0. The highest BCUT2D eigenvalue weighted by atomic mass is 19.4. The van der Waals surface area contributed by atoms with Crippen molar-refractivity contribution >= 4 is 11.8 Å². The number of rotatable bonds is 8. The number of amides is 2. The maximum Gasteiger partial charge on any atom is 0.573 e. The molecule has 1 aliphatic rings. The Balaban J connectivity index is 1.71. The second-order valence-electron chi connectivity index (χ2n) is 8.68. The average molecular weight is 515 g/mol. The molecule has 3 atom stereocenters. The van der Waals surface area contributed by atoms with Crippen molar-refractivity contribution in [1.29, 1.82) is 0 Å². The van der Waals surface area contributed by atoms with Gasteiger partial charge in [0, 0.05) is 6.42 Å². The molecule has 1 saturated heterocycles. The lowest BCUT2D eigenvalue weighted by Crippen LogP contribution is -2.61. The minimum Gasteiger partial charge on any atom is -0.494 e. The van der Waals surface area contributed by atoms with Crippen molar-refractivity contribution in [3.63, 3.8) is 0 Å². The highest BCUT2D eigenvalue weighted by Crippen LogP contribution is 2.30. The molecule has 0 aromatic heterocycles. The van der Waals surface area contributed by atoms with Gasteiger partial charge in [-0.25, -0.2) is 8.78 Å². The molecule has 7 nitrogen and oxygen atoms in total. The molecule has 1 fully saturated rings.